The van der Waals surface area contributed by atoms with Crippen LogP contribution in [0.1, 0.15) is 0 Å². The molecule has 256 valence electrons. The summed E-state index contributed by atoms with van der Waals surface area (Å²) in [6.07, 6.45) is 0. The van der Waals surface area contributed by atoms with E-state index in [0.29, 0.717) is 5.82 Å². The summed E-state index contributed by atoms with van der Waals surface area (Å²) in [6.45, 7) is 0. The highest BCUT2D eigenvalue weighted by Crippen LogP contribution is 2.43. The smallest absolute Gasteiger partial charge is 0.160 e. The normalized spacial score (nSPS) is 11.6. The average Bonchev–Trinajstić information content (AvgIpc) is 3.60. The molecule has 3 nitrogen and oxygen atoms in total. The summed E-state index contributed by atoms with van der Waals surface area (Å²) in [5, 5.41) is 9.89. The SMILES string of the molecule is c1ccc(-c2cc(-c3ccc4c(c3)c3ccccc3c3cccc(-c5ccc6c(c5)c5ccccc5n6-c5ccccc5)c34)nc(-c3ccccc3)n2)cc1. The largest absolute Gasteiger partial charge is 0.309 e. The summed E-state index contributed by atoms with van der Waals surface area (Å²) in [5.74, 6) is 0.715. The summed E-state index contributed by atoms with van der Waals surface area (Å²) in [7, 11) is 0. The third kappa shape index (κ3) is 5.13. The molecule has 0 amide bonds. The van der Waals surface area contributed by atoms with Crippen LogP contribution < -0.4 is 0 Å². The lowest BCUT2D eigenvalue weighted by Crippen LogP contribution is -1.96. The Morgan fingerprint density at radius 1 is 0.309 bits per heavy atom. The first-order valence-electron chi connectivity index (χ1n) is 18.7. The van der Waals surface area contributed by atoms with Crippen LogP contribution in [-0.4, -0.2) is 14.5 Å². The Kier molecular flexibility index (Phi) is 7.17. The van der Waals surface area contributed by atoms with Gasteiger partial charge >= 0.3 is 0 Å². The first-order chi connectivity index (χ1) is 27.3. The Balaban J connectivity index is 1.15. The molecule has 0 aliphatic carbocycles. The molecule has 55 heavy (non-hydrogen) atoms. The number of aromatic nitrogens is 3. The van der Waals surface area contributed by atoms with Gasteiger partial charge in [0.15, 0.2) is 5.82 Å². The van der Waals surface area contributed by atoms with E-state index in [1.54, 1.807) is 0 Å². The maximum absolute atomic E-state index is 5.18. The van der Waals surface area contributed by atoms with E-state index in [2.05, 4.69) is 180 Å². The lowest BCUT2D eigenvalue weighted by Gasteiger charge is -2.16. The maximum atomic E-state index is 5.18. The standard InChI is InChI=1S/C52H33N3/c1-4-15-34(16-5-1)47-33-48(54-52(53-47)35-17-6-2-7-18-35)37-27-29-44-45(32-37)41-22-11-10-21-40(41)43-25-14-24-39(51(43)44)36-28-30-50-46(31-36)42-23-12-13-26-49(42)55(50)38-19-8-3-9-20-38/h1-33H. The molecule has 3 heteroatoms. The van der Waals surface area contributed by atoms with Crippen LogP contribution in [0.5, 0.6) is 0 Å². The Hall–Kier alpha value is -7.36. The van der Waals surface area contributed by atoms with Crippen LogP contribution in [0.4, 0.5) is 0 Å². The molecule has 0 saturated carbocycles. The van der Waals surface area contributed by atoms with Crippen molar-refractivity contribution < 1.29 is 0 Å². The van der Waals surface area contributed by atoms with Crippen LogP contribution in [0.15, 0.2) is 200 Å². The van der Waals surface area contributed by atoms with E-state index in [1.165, 1.54) is 65.3 Å². The summed E-state index contributed by atoms with van der Waals surface area (Å²) >= 11 is 0. The highest BCUT2D eigenvalue weighted by Gasteiger charge is 2.18. The van der Waals surface area contributed by atoms with Crippen molar-refractivity contribution in [2.24, 2.45) is 0 Å². The minimum atomic E-state index is 0.715. The van der Waals surface area contributed by atoms with Crippen molar-refractivity contribution in [3.63, 3.8) is 0 Å². The number of benzene rings is 9. The molecule has 2 aromatic heterocycles. The number of rotatable bonds is 5. The van der Waals surface area contributed by atoms with Crippen LogP contribution in [0, 0.1) is 0 Å². The molecule has 0 radical (unpaired) electrons. The maximum Gasteiger partial charge on any atom is 0.160 e. The molecule has 0 unspecified atom stereocenters. The first kappa shape index (κ1) is 31.2. The lowest BCUT2D eigenvalue weighted by atomic mass is 9.88. The second kappa shape index (κ2) is 12.6. The number of fused-ring (bicyclic) bond motifs is 9. The van der Waals surface area contributed by atoms with Gasteiger partial charge in [-0.05, 0) is 85.9 Å². The topological polar surface area (TPSA) is 30.7 Å². The molecule has 11 aromatic rings. The highest BCUT2D eigenvalue weighted by molar-refractivity contribution is 6.29. The molecule has 0 fully saturated rings. The van der Waals surface area contributed by atoms with Crippen molar-refractivity contribution in [2.45, 2.75) is 0 Å². The van der Waals surface area contributed by atoms with Crippen LogP contribution in [-0.2, 0) is 0 Å². The van der Waals surface area contributed by atoms with Gasteiger partial charge in [-0.3, -0.25) is 0 Å². The number of para-hydroxylation sites is 2. The van der Waals surface area contributed by atoms with Crippen LogP contribution in [0.3, 0.4) is 0 Å². The van der Waals surface area contributed by atoms with E-state index < -0.39 is 0 Å². The van der Waals surface area contributed by atoms with Crippen molar-refractivity contribution in [2.75, 3.05) is 0 Å². The van der Waals surface area contributed by atoms with E-state index in [9.17, 15) is 0 Å². The van der Waals surface area contributed by atoms with E-state index in [4.69, 9.17) is 9.97 Å². The van der Waals surface area contributed by atoms with Gasteiger partial charge < -0.3 is 4.57 Å². The summed E-state index contributed by atoms with van der Waals surface area (Å²) in [6, 6.07) is 71.6. The van der Waals surface area contributed by atoms with Gasteiger partial charge in [-0.25, -0.2) is 9.97 Å². The highest BCUT2D eigenvalue weighted by atomic mass is 15.0. The van der Waals surface area contributed by atoms with Gasteiger partial charge in [0.2, 0.25) is 0 Å². The van der Waals surface area contributed by atoms with Gasteiger partial charge in [0, 0.05) is 33.2 Å². The summed E-state index contributed by atoms with van der Waals surface area (Å²) < 4.78 is 2.38. The zero-order chi connectivity index (χ0) is 36.3. The summed E-state index contributed by atoms with van der Waals surface area (Å²) in [5.41, 5.74) is 10.9. The fourth-order valence-electron chi connectivity index (χ4n) is 8.47. The first-order valence-corrected chi connectivity index (χ1v) is 18.7. The molecule has 0 N–H and O–H groups in total. The molecule has 0 saturated heterocycles. The molecular formula is C52H33N3. The van der Waals surface area contributed by atoms with Crippen LogP contribution in [0.25, 0.3) is 105 Å². The molecule has 9 aromatic carbocycles. The Morgan fingerprint density at radius 2 is 0.855 bits per heavy atom. The molecule has 0 atom stereocenters. The van der Waals surface area contributed by atoms with Crippen molar-refractivity contribution in [3.05, 3.63) is 200 Å². The number of hydrogen-bond donors (Lipinski definition) is 0. The van der Waals surface area contributed by atoms with Gasteiger partial charge in [0.1, 0.15) is 0 Å². The van der Waals surface area contributed by atoms with E-state index >= 15 is 0 Å². The minimum Gasteiger partial charge on any atom is -0.309 e. The fraction of sp³-hybridized carbons (Fsp3) is 0. The van der Waals surface area contributed by atoms with Gasteiger partial charge in [0.05, 0.1) is 22.4 Å². The molecule has 2 heterocycles. The van der Waals surface area contributed by atoms with Crippen LogP contribution in [0.2, 0.25) is 0 Å². The predicted molar refractivity (Wildman–Crippen MR) is 231 cm³/mol. The molecule has 0 spiro atoms. The zero-order valence-electron chi connectivity index (χ0n) is 29.9. The Labute approximate surface area is 318 Å². The molecule has 0 aliphatic rings. The van der Waals surface area contributed by atoms with Crippen LogP contribution >= 0.6 is 0 Å². The monoisotopic (exact) mass is 699 g/mol. The quantitative estimate of drug-likeness (QED) is 0.167. The second-order valence-corrected chi connectivity index (χ2v) is 14.1. The van der Waals surface area contributed by atoms with E-state index in [1.807, 2.05) is 24.3 Å². The van der Waals surface area contributed by atoms with Gasteiger partial charge in [-0.2, -0.15) is 0 Å². The fourth-order valence-corrected chi connectivity index (χ4v) is 8.47. The minimum absolute atomic E-state index is 0.715. The molecule has 0 aliphatic heterocycles. The average molecular weight is 700 g/mol. The van der Waals surface area contributed by atoms with Crippen molar-refractivity contribution >= 4 is 54.1 Å². The van der Waals surface area contributed by atoms with Crippen molar-refractivity contribution in [1.82, 2.24) is 14.5 Å². The molecular weight excluding hydrogens is 667 g/mol. The third-order valence-corrected chi connectivity index (χ3v) is 11.0. The van der Waals surface area contributed by atoms with Gasteiger partial charge in [-0.15, -0.1) is 0 Å². The summed E-state index contributed by atoms with van der Waals surface area (Å²) in [4.78, 5) is 10.2. The van der Waals surface area contributed by atoms with E-state index in [0.717, 1.165) is 33.8 Å². The third-order valence-electron chi connectivity index (χ3n) is 11.0. The molecule has 11 rings (SSSR count). The Bertz CT molecular complexity index is 3180. The van der Waals surface area contributed by atoms with Crippen molar-refractivity contribution in [1.29, 1.82) is 0 Å². The van der Waals surface area contributed by atoms with Gasteiger partial charge in [0.25, 0.3) is 0 Å². The predicted octanol–water partition coefficient (Wildman–Crippen LogP) is 13.7. The lowest BCUT2D eigenvalue weighted by molar-refractivity contribution is 1.18. The zero-order valence-corrected chi connectivity index (χ0v) is 29.9. The second-order valence-electron chi connectivity index (χ2n) is 14.1. The molecule has 0 bridgehead atoms. The van der Waals surface area contributed by atoms with Crippen molar-refractivity contribution in [3.8, 4) is 50.7 Å². The van der Waals surface area contributed by atoms with Gasteiger partial charge in [-0.1, -0.05) is 158 Å². The van der Waals surface area contributed by atoms with E-state index in [-0.39, 0.29) is 0 Å². The number of nitrogens with zero attached hydrogens (tertiary/aromatic N) is 3. The number of hydrogen-bond acceptors (Lipinski definition) is 2. The Morgan fingerprint density at radius 3 is 1.62 bits per heavy atom.